The van der Waals surface area contributed by atoms with Gasteiger partial charge in [0.1, 0.15) is 0 Å². The minimum Gasteiger partial charge on any atom is -0.374 e. The fourth-order valence-corrected chi connectivity index (χ4v) is 2.54. The maximum Gasteiger partial charge on any atom is 0.0826 e. The summed E-state index contributed by atoms with van der Waals surface area (Å²) in [7, 11) is 2.00. The lowest BCUT2D eigenvalue weighted by Gasteiger charge is -2.37. The zero-order chi connectivity index (χ0) is 12.5. The van der Waals surface area contributed by atoms with E-state index < -0.39 is 0 Å². The highest BCUT2D eigenvalue weighted by molar-refractivity contribution is 4.77. The van der Waals surface area contributed by atoms with Crippen molar-refractivity contribution in [1.29, 1.82) is 0 Å². The Morgan fingerprint density at radius 2 is 2.18 bits per heavy atom. The molecule has 0 radical (unpaired) electrons. The first kappa shape index (κ1) is 14.9. The average Bonchev–Trinajstić information content (AvgIpc) is 2.35. The van der Waals surface area contributed by atoms with Crippen molar-refractivity contribution in [1.82, 2.24) is 10.2 Å². The van der Waals surface area contributed by atoms with E-state index in [1.165, 1.54) is 32.1 Å². The number of nitrogens with zero attached hydrogens (tertiary/aromatic N) is 1. The van der Waals surface area contributed by atoms with E-state index in [1.807, 2.05) is 7.05 Å². The van der Waals surface area contributed by atoms with E-state index in [4.69, 9.17) is 4.74 Å². The summed E-state index contributed by atoms with van der Waals surface area (Å²) in [5, 5.41) is 3.21. The van der Waals surface area contributed by atoms with Gasteiger partial charge >= 0.3 is 0 Å². The fraction of sp³-hybridized carbons (Fsp3) is 1.00. The Balaban J connectivity index is 2.18. The van der Waals surface area contributed by atoms with Crippen molar-refractivity contribution in [2.24, 2.45) is 0 Å². The third kappa shape index (κ3) is 5.84. The second-order valence-electron chi connectivity index (χ2n) is 5.24. The summed E-state index contributed by atoms with van der Waals surface area (Å²) in [6.07, 6.45) is 7.21. The molecule has 0 aliphatic carbocycles. The lowest BCUT2D eigenvalue weighted by Crippen LogP contribution is -2.49. The summed E-state index contributed by atoms with van der Waals surface area (Å²) < 4.78 is 5.74. The normalized spacial score (nSPS) is 23.8. The first-order valence-electron chi connectivity index (χ1n) is 7.28. The summed E-state index contributed by atoms with van der Waals surface area (Å²) >= 11 is 0. The van der Waals surface area contributed by atoms with Crippen LogP contribution in [-0.4, -0.2) is 50.3 Å². The zero-order valence-corrected chi connectivity index (χ0v) is 11.9. The van der Waals surface area contributed by atoms with E-state index in [2.05, 4.69) is 24.1 Å². The number of hydrogen-bond donors (Lipinski definition) is 1. The minimum absolute atomic E-state index is 0.381. The number of ether oxygens (including phenoxy) is 1. The molecule has 1 fully saturated rings. The van der Waals surface area contributed by atoms with Crippen LogP contribution in [0.25, 0.3) is 0 Å². The van der Waals surface area contributed by atoms with E-state index in [9.17, 15) is 0 Å². The Bertz CT molecular complexity index is 185. The predicted octanol–water partition coefficient (Wildman–Crippen LogP) is 2.27. The van der Waals surface area contributed by atoms with Gasteiger partial charge in [0, 0.05) is 25.7 Å². The SMILES string of the molecule is CCCCCCC(C)N1CCOC(CNC)C1. The molecule has 3 heteroatoms. The first-order chi connectivity index (χ1) is 8.27. The monoisotopic (exact) mass is 242 g/mol. The average molecular weight is 242 g/mol. The smallest absolute Gasteiger partial charge is 0.0826 e. The molecule has 0 amide bonds. The van der Waals surface area contributed by atoms with Gasteiger partial charge in [0.2, 0.25) is 0 Å². The highest BCUT2D eigenvalue weighted by Gasteiger charge is 2.23. The van der Waals surface area contributed by atoms with Crippen LogP contribution in [0.1, 0.15) is 46.0 Å². The molecule has 0 aromatic rings. The van der Waals surface area contributed by atoms with Crippen LogP contribution < -0.4 is 5.32 Å². The van der Waals surface area contributed by atoms with Crippen LogP contribution in [0.5, 0.6) is 0 Å². The summed E-state index contributed by atoms with van der Waals surface area (Å²) in [6, 6.07) is 0.718. The van der Waals surface area contributed by atoms with Gasteiger partial charge in [-0.3, -0.25) is 4.90 Å². The molecule has 2 atom stereocenters. The molecular weight excluding hydrogens is 212 g/mol. The van der Waals surface area contributed by atoms with Crippen molar-refractivity contribution in [2.75, 3.05) is 33.3 Å². The molecule has 17 heavy (non-hydrogen) atoms. The van der Waals surface area contributed by atoms with Crippen LogP contribution in [0.3, 0.4) is 0 Å². The number of likely N-dealkylation sites (N-methyl/N-ethyl adjacent to an activating group) is 1. The number of nitrogens with one attached hydrogen (secondary N) is 1. The summed E-state index contributed by atoms with van der Waals surface area (Å²) in [5.74, 6) is 0. The number of hydrogen-bond acceptors (Lipinski definition) is 3. The van der Waals surface area contributed by atoms with Gasteiger partial charge in [-0.15, -0.1) is 0 Å². The molecule has 0 spiro atoms. The highest BCUT2D eigenvalue weighted by atomic mass is 16.5. The van der Waals surface area contributed by atoms with Crippen molar-refractivity contribution < 1.29 is 4.74 Å². The molecule has 3 nitrogen and oxygen atoms in total. The molecule has 0 aromatic carbocycles. The Labute approximate surface area is 107 Å². The second-order valence-corrected chi connectivity index (χ2v) is 5.24. The third-order valence-corrected chi connectivity index (χ3v) is 3.70. The van der Waals surface area contributed by atoms with Crippen LogP contribution in [0.15, 0.2) is 0 Å². The maximum absolute atomic E-state index is 5.74. The van der Waals surface area contributed by atoms with Gasteiger partial charge in [-0.2, -0.15) is 0 Å². The summed E-state index contributed by atoms with van der Waals surface area (Å²) in [6.45, 7) is 8.71. The molecule has 1 aliphatic heterocycles. The second kappa shape index (κ2) is 8.90. The van der Waals surface area contributed by atoms with Crippen molar-refractivity contribution in [3.8, 4) is 0 Å². The van der Waals surface area contributed by atoms with Gasteiger partial charge in [0.15, 0.2) is 0 Å². The minimum atomic E-state index is 0.381. The van der Waals surface area contributed by atoms with Gasteiger partial charge in [0.25, 0.3) is 0 Å². The number of rotatable bonds is 8. The van der Waals surface area contributed by atoms with E-state index in [1.54, 1.807) is 0 Å². The quantitative estimate of drug-likeness (QED) is 0.661. The predicted molar refractivity (Wildman–Crippen MR) is 73.5 cm³/mol. The van der Waals surface area contributed by atoms with Crippen LogP contribution in [-0.2, 0) is 4.74 Å². The molecule has 1 heterocycles. The van der Waals surface area contributed by atoms with Gasteiger partial charge in [-0.25, -0.2) is 0 Å². The van der Waals surface area contributed by atoms with Crippen molar-refractivity contribution >= 4 is 0 Å². The maximum atomic E-state index is 5.74. The largest absolute Gasteiger partial charge is 0.374 e. The standard InChI is InChI=1S/C14H30N2O/c1-4-5-6-7-8-13(2)16-9-10-17-14(12-16)11-15-3/h13-15H,4-12H2,1-3H3. The van der Waals surface area contributed by atoms with Gasteiger partial charge in [-0.05, 0) is 20.4 Å². The topological polar surface area (TPSA) is 24.5 Å². The van der Waals surface area contributed by atoms with Crippen LogP contribution in [0, 0.1) is 0 Å². The molecule has 1 aliphatic rings. The van der Waals surface area contributed by atoms with Crippen LogP contribution in [0.2, 0.25) is 0 Å². The van der Waals surface area contributed by atoms with E-state index >= 15 is 0 Å². The zero-order valence-electron chi connectivity index (χ0n) is 11.9. The van der Waals surface area contributed by atoms with E-state index in [0.717, 1.165) is 32.3 Å². The Morgan fingerprint density at radius 1 is 1.35 bits per heavy atom. The number of morpholine rings is 1. The van der Waals surface area contributed by atoms with E-state index in [0.29, 0.717) is 6.10 Å². The van der Waals surface area contributed by atoms with E-state index in [-0.39, 0.29) is 0 Å². The van der Waals surface area contributed by atoms with Crippen molar-refractivity contribution in [3.05, 3.63) is 0 Å². The molecule has 0 saturated carbocycles. The molecule has 102 valence electrons. The molecule has 0 bridgehead atoms. The van der Waals surface area contributed by atoms with Crippen LogP contribution in [0.4, 0.5) is 0 Å². The molecule has 2 unspecified atom stereocenters. The molecule has 1 saturated heterocycles. The van der Waals surface area contributed by atoms with Crippen molar-refractivity contribution in [2.45, 2.75) is 58.1 Å². The van der Waals surface area contributed by atoms with Crippen molar-refractivity contribution in [3.63, 3.8) is 0 Å². The molecule has 0 aromatic heterocycles. The first-order valence-corrected chi connectivity index (χ1v) is 7.28. The Hall–Kier alpha value is -0.120. The van der Waals surface area contributed by atoms with Gasteiger partial charge in [-0.1, -0.05) is 32.6 Å². The van der Waals surface area contributed by atoms with Gasteiger partial charge < -0.3 is 10.1 Å². The number of unbranched alkanes of at least 4 members (excludes halogenated alkanes) is 3. The lowest BCUT2D eigenvalue weighted by molar-refractivity contribution is -0.0400. The Morgan fingerprint density at radius 3 is 2.88 bits per heavy atom. The summed E-state index contributed by atoms with van der Waals surface area (Å²) in [4.78, 5) is 2.59. The third-order valence-electron chi connectivity index (χ3n) is 3.70. The molecular formula is C14H30N2O. The highest BCUT2D eigenvalue weighted by Crippen LogP contribution is 2.14. The van der Waals surface area contributed by atoms with Crippen LogP contribution >= 0.6 is 0 Å². The fourth-order valence-electron chi connectivity index (χ4n) is 2.54. The van der Waals surface area contributed by atoms with Gasteiger partial charge in [0.05, 0.1) is 12.7 Å². The lowest BCUT2D eigenvalue weighted by atomic mass is 10.1. The molecule has 1 rings (SSSR count). The Kier molecular flexibility index (Phi) is 7.82. The molecule has 1 N–H and O–H groups in total. The summed E-state index contributed by atoms with van der Waals surface area (Å²) in [5.41, 5.74) is 0.